The predicted molar refractivity (Wildman–Crippen MR) is 99.6 cm³/mol. The summed E-state index contributed by atoms with van der Waals surface area (Å²) in [5, 5.41) is 6.59. The summed E-state index contributed by atoms with van der Waals surface area (Å²) in [6.45, 7) is 1.82. The summed E-state index contributed by atoms with van der Waals surface area (Å²) < 4.78 is 27.1. The first kappa shape index (κ1) is 18.4. The molecular formula is C18H20ClF2N5. The van der Waals surface area contributed by atoms with E-state index in [2.05, 4.69) is 20.6 Å². The Morgan fingerprint density at radius 2 is 2.19 bits per heavy atom. The Bertz CT molecular complexity index is 799. The van der Waals surface area contributed by atoms with E-state index >= 15 is 0 Å². The van der Waals surface area contributed by atoms with Gasteiger partial charge in [0.05, 0.1) is 5.02 Å². The Morgan fingerprint density at radius 1 is 1.35 bits per heavy atom. The van der Waals surface area contributed by atoms with Gasteiger partial charge in [-0.15, -0.1) is 0 Å². The van der Waals surface area contributed by atoms with Gasteiger partial charge in [0.25, 0.3) is 0 Å². The highest BCUT2D eigenvalue weighted by Gasteiger charge is 2.25. The van der Waals surface area contributed by atoms with E-state index in [9.17, 15) is 8.78 Å². The first-order valence-corrected chi connectivity index (χ1v) is 8.71. The third-order valence-electron chi connectivity index (χ3n) is 4.24. The first-order chi connectivity index (χ1) is 12.6. The normalized spacial score (nSPS) is 17.5. The molecule has 0 radical (unpaired) electrons. The molecule has 2 heterocycles. The minimum Gasteiger partial charge on any atom is -0.352 e. The van der Waals surface area contributed by atoms with Crippen molar-refractivity contribution in [3.63, 3.8) is 0 Å². The Morgan fingerprint density at radius 3 is 2.92 bits per heavy atom. The molecule has 2 N–H and O–H groups in total. The van der Waals surface area contributed by atoms with Gasteiger partial charge in [-0.05, 0) is 36.2 Å². The van der Waals surface area contributed by atoms with Crippen LogP contribution in [0.5, 0.6) is 0 Å². The number of guanidine groups is 1. The van der Waals surface area contributed by atoms with E-state index in [-0.39, 0.29) is 16.9 Å². The average molecular weight is 380 g/mol. The lowest BCUT2D eigenvalue weighted by Crippen LogP contribution is -2.44. The molecule has 0 saturated carbocycles. The van der Waals surface area contributed by atoms with Gasteiger partial charge in [-0.2, -0.15) is 0 Å². The lowest BCUT2D eigenvalue weighted by atomic mass is 10.2. The Labute approximate surface area is 156 Å². The molecule has 1 aromatic heterocycles. The molecule has 0 bridgehead atoms. The molecule has 1 aliphatic rings. The van der Waals surface area contributed by atoms with Gasteiger partial charge < -0.3 is 15.5 Å². The maximum atomic E-state index is 13.9. The van der Waals surface area contributed by atoms with E-state index in [0.29, 0.717) is 24.9 Å². The van der Waals surface area contributed by atoms with Crippen molar-refractivity contribution in [2.75, 3.05) is 25.0 Å². The minimum atomic E-state index is -0.439. The maximum absolute atomic E-state index is 13.9. The van der Waals surface area contributed by atoms with Crippen molar-refractivity contribution >= 4 is 23.4 Å². The lowest BCUT2D eigenvalue weighted by molar-refractivity contribution is 0.612. The van der Waals surface area contributed by atoms with E-state index in [4.69, 9.17) is 11.6 Å². The van der Waals surface area contributed by atoms with Crippen molar-refractivity contribution in [3.8, 4) is 0 Å². The highest BCUT2D eigenvalue weighted by Crippen LogP contribution is 2.20. The van der Waals surface area contributed by atoms with Crippen LogP contribution in [0.4, 0.5) is 14.6 Å². The molecule has 1 unspecified atom stereocenters. The molecule has 26 heavy (non-hydrogen) atoms. The molecule has 1 aromatic carbocycles. The average Bonchev–Trinajstić information content (AvgIpc) is 3.10. The van der Waals surface area contributed by atoms with Crippen LogP contribution in [-0.4, -0.2) is 37.1 Å². The molecule has 1 saturated heterocycles. The van der Waals surface area contributed by atoms with Crippen LogP contribution in [0, 0.1) is 11.6 Å². The molecule has 0 spiro atoms. The van der Waals surface area contributed by atoms with Gasteiger partial charge in [-0.1, -0.05) is 17.7 Å². The second kappa shape index (κ2) is 8.31. The maximum Gasteiger partial charge on any atom is 0.191 e. The van der Waals surface area contributed by atoms with Gasteiger partial charge in [0, 0.05) is 38.9 Å². The third kappa shape index (κ3) is 4.40. The topological polar surface area (TPSA) is 52.6 Å². The predicted octanol–water partition coefficient (Wildman–Crippen LogP) is 2.96. The number of halogens is 3. The number of nitrogens with one attached hydrogen (secondary N) is 2. The second-order valence-electron chi connectivity index (χ2n) is 6.06. The fraction of sp³-hybridized carbons (Fsp3) is 0.333. The Hall–Kier alpha value is -2.41. The SMILES string of the molecule is CN=C(NCc1ccc(F)c(Cl)c1)NC1CCN(c2ncccc2F)C1. The number of rotatable bonds is 4. The number of pyridine rings is 1. The van der Waals surface area contributed by atoms with Gasteiger partial charge in [-0.25, -0.2) is 13.8 Å². The Balaban J connectivity index is 1.54. The molecule has 1 atom stereocenters. The minimum absolute atomic E-state index is 0.0936. The van der Waals surface area contributed by atoms with E-state index in [1.807, 2.05) is 4.90 Å². The molecule has 5 nitrogen and oxygen atoms in total. The van der Waals surface area contributed by atoms with Crippen LogP contribution in [0.1, 0.15) is 12.0 Å². The molecule has 1 fully saturated rings. The molecule has 0 aliphatic carbocycles. The zero-order valence-corrected chi connectivity index (χ0v) is 15.1. The quantitative estimate of drug-likeness (QED) is 0.633. The molecular weight excluding hydrogens is 360 g/mol. The molecule has 1 aliphatic heterocycles. The largest absolute Gasteiger partial charge is 0.352 e. The highest BCUT2D eigenvalue weighted by atomic mass is 35.5. The number of benzene rings is 1. The van der Waals surface area contributed by atoms with Crippen LogP contribution in [0.25, 0.3) is 0 Å². The molecule has 3 rings (SSSR count). The summed E-state index contributed by atoms with van der Waals surface area (Å²) in [6.07, 6.45) is 2.44. The van der Waals surface area contributed by atoms with Gasteiger partial charge in [0.2, 0.25) is 0 Å². The molecule has 0 amide bonds. The monoisotopic (exact) mass is 379 g/mol. The molecule has 8 heteroatoms. The van der Waals surface area contributed by atoms with Crippen LogP contribution >= 0.6 is 11.6 Å². The summed E-state index contributed by atoms with van der Waals surface area (Å²) in [7, 11) is 1.68. The Kier molecular flexibility index (Phi) is 5.88. The summed E-state index contributed by atoms with van der Waals surface area (Å²) in [6, 6.07) is 7.71. The first-order valence-electron chi connectivity index (χ1n) is 8.33. The van der Waals surface area contributed by atoms with E-state index < -0.39 is 5.82 Å². The summed E-state index contributed by atoms with van der Waals surface area (Å²) >= 11 is 5.80. The van der Waals surface area contributed by atoms with Gasteiger partial charge >= 0.3 is 0 Å². The van der Waals surface area contributed by atoms with Gasteiger partial charge in [0.15, 0.2) is 17.6 Å². The number of hydrogen-bond acceptors (Lipinski definition) is 3. The molecule has 2 aromatic rings. The summed E-state index contributed by atoms with van der Waals surface area (Å²) in [5.41, 5.74) is 0.850. The van der Waals surface area contributed by atoms with Crippen molar-refractivity contribution in [3.05, 3.63) is 58.7 Å². The van der Waals surface area contributed by atoms with Gasteiger partial charge in [0.1, 0.15) is 5.82 Å². The summed E-state index contributed by atoms with van der Waals surface area (Å²) in [5.74, 6) is 0.245. The number of anilines is 1. The zero-order chi connectivity index (χ0) is 18.5. The highest BCUT2D eigenvalue weighted by molar-refractivity contribution is 6.30. The van der Waals surface area contributed by atoms with E-state index in [0.717, 1.165) is 18.5 Å². The van der Waals surface area contributed by atoms with Crippen molar-refractivity contribution in [1.82, 2.24) is 15.6 Å². The van der Waals surface area contributed by atoms with Crippen molar-refractivity contribution in [2.24, 2.45) is 4.99 Å². The fourth-order valence-electron chi connectivity index (χ4n) is 2.90. The molecule has 138 valence electrons. The van der Waals surface area contributed by atoms with Crippen molar-refractivity contribution < 1.29 is 8.78 Å². The zero-order valence-electron chi connectivity index (χ0n) is 14.3. The van der Waals surface area contributed by atoms with E-state index in [1.54, 1.807) is 31.4 Å². The van der Waals surface area contributed by atoms with E-state index in [1.165, 1.54) is 12.1 Å². The standard InChI is InChI=1S/C18H20ClF2N5/c1-22-18(24-10-12-4-5-15(20)14(19)9-12)25-13-6-8-26(11-13)17-16(21)3-2-7-23-17/h2-5,7,9,13H,6,8,10-11H2,1H3,(H2,22,24,25). The van der Waals surface area contributed by atoms with Crippen LogP contribution in [0.3, 0.4) is 0 Å². The van der Waals surface area contributed by atoms with Gasteiger partial charge in [-0.3, -0.25) is 4.99 Å². The fourth-order valence-corrected chi connectivity index (χ4v) is 3.11. The lowest BCUT2D eigenvalue weighted by Gasteiger charge is -2.20. The second-order valence-corrected chi connectivity index (χ2v) is 6.47. The third-order valence-corrected chi connectivity index (χ3v) is 4.52. The van der Waals surface area contributed by atoms with Crippen molar-refractivity contribution in [1.29, 1.82) is 0 Å². The van der Waals surface area contributed by atoms with Crippen LogP contribution in [0.15, 0.2) is 41.5 Å². The summed E-state index contributed by atoms with van der Waals surface area (Å²) in [4.78, 5) is 10.2. The van der Waals surface area contributed by atoms with Crippen LogP contribution in [0.2, 0.25) is 5.02 Å². The number of hydrogen-bond donors (Lipinski definition) is 2. The number of nitrogens with zero attached hydrogens (tertiary/aromatic N) is 3. The number of aliphatic imine (C=N–C) groups is 1. The number of aromatic nitrogens is 1. The van der Waals surface area contributed by atoms with Crippen LogP contribution < -0.4 is 15.5 Å². The smallest absolute Gasteiger partial charge is 0.191 e. The van der Waals surface area contributed by atoms with Crippen molar-refractivity contribution in [2.45, 2.75) is 19.0 Å². The van der Waals surface area contributed by atoms with Crippen LogP contribution in [-0.2, 0) is 6.54 Å².